The van der Waals surface area contributed by atoms with Gasteiger partial charge in [0.25, 0.3) is 5.91 Å². The molecule has 2 N–H and O–H groups in total. The summed E-state index contributed by atoms with van der Waals surface area (Å²) in [4.78, 5) is 13.2. The SMILES string of the molecule is O=C(C[NH+]1CCN(S(=O)(=O)c2ccccc2Cl)CC1)Nc1cccc(F)c1. The first-order chi connectivity index (χ1) is 12.9. The second-order valence-corrected chi connectivity index (χ2v) is 8.63. The summed E-state index contributed by atoms with van der Waals surface area (Å²) in [5.74, 6) is -0.656. The van der Waals surface area contributed by atoms with E-state index >= 15 is 0 Å². The molecule has 1 aliphatic heterocycles. The van der Waals surface area contributed by atoms with Crippen molar-refractivity contribution in [3.8, 4) is 0 Å². The Kier molecular flexibility index (Phi) is 6.11. The lowest BCUT2D eigenvalue weighted by Crippen LogP contribution is -3.15. The van der Waals surface area contributed by atoms with E-state index in [0.29, 0.717) is 31.9 Å². The number of sulfonamides is 1. The number of hydrogen-bond acceptors (Lipinski definition) is 3. The molecule has 3 rings (SSSR count). The van der Waals surface area contributed by atoms with Gasteiger partial charge in [0.15, 0.2) is 6.54 Å². The zero-order valence-corrected chi connectivity index (χ0v) is 16.1. The summed E-state index contributed by atoms with van der Waals surface area (Å²) < 4.78 is 40.0. The average molecular weight is 413 g/mol. The summed E-state index contributed by atoms with van der Waals surface area (Å²) in [5.41, 5.74) is 0.402. The highest BCUT2D eigenvalue weighted by Crippen LogP contribution is 2.24. The van der Waals surface area contributed by atoms with Crippen molar-refractivity contribution in [1.82, 2.24) is 4.31 Å². The summed E-state index contributed by atoms with van der Waals surface area (Å²) in [7, 11) is -3.65. The number of carbonyl (C=O) groups excluding carboxylic acids is 1. The predicted molar refractivity (Wildman–Crippen MR) is 101 cm³/mol. The van der Waals surface area contributed by atoms with E-state index in [0.717, 1.165) is 4.90 Å². The molecule has 0 atom stereocenters. The maximum absolute atomic E-state index is 13.2. The normalized spacial score (nSPS) is 16.2. The fourth-order valence-electron chi connectivity index (χ4n) is 3.01. The van der Waals surface area contributed by atoms with Gasteiger partial charge in [-0.2, -0.15) is 4.31 Å². The average Bonchev–Trinajstić information content (AvgIpc) is 2.62. The quantitative estimate of drug-likeness (QED) is 0.770. The fraction of sp³-hybridized carbons (Fsp3) is 0.278. The molecule has 0 spiro atoms. The van der Waals surface area contributed by atoms with Crippen LogP contribution in [0.3, 0.4) is 0 Å². The first-order valence-corrected chi connectivity index (χ1v) is 10.3. The van der Waals surface area contributed by atoms with Crippen LogP contribution in [0.15, 0.2) is 53.4 Å². The maximum Gasteiger partial charge on any atom is 0.279 e. The van der Waals surface area contributed by atoms with E-state index in [4.69, 9.17) is 11.6 Å². The molecule has 27 heavy (non-hydrogen) atoms. The number of anilines is 1. The molecule has 0 aromatic heterocycles. The largest absolute Gasteiger partial charge is 0.325 e. The zero-order chi connectivity index (χ0) is 19.4. The molecule has 0 saturated carbocycles. The van der Waals surface area contributed by atoms with Gasteiger partial charge < -0.3 is 10.2 Å². The van der Waals surface area contributed by atoms with Crippen LogP contribution >= 0.6 is 11.6 Å². The Morgan fingerprint density at radius 2 is 1.85 bits per heavy atom. The topological polar surface area (TPSA) is 70.9 Å². The zero-order valence-electron chi connectivity index (χ0n) is 14.5. The van der Waals surface area contributed by atoms with E-state index in [1.807, 2.05) is 0 Å². The van der Waals surface area contributed by atoms with Crippen molar-refractivity contribution in [2.45, 2.75) is 4.90 Å². The molecule has 1 heterocycles. The van der Waals surface area contributed by atoms with Crippen molar-refractivity contribution in [3.05, 3.63) is 59.4 Å². The lowest BCUT2D eigenvalue weighted by Gasteiger charge is -2.31. The Labute approximate surface area is 162 Å². The van der Waals surface area contributed by atoms with Gasteiger partial charge in [-0.05, 0) is 30.3 Å². The van der Waals surface area contributed by atoms with Crippen LogP contribution in [0.1, 0.15) is 0 Å². The van der Waals surface area contributed by atoms with Crippen LogP contribution in [0, 0.1) is 5.82 Å². The van der Waals surface area contributed by atoms with Gasteiger partial charge in [-0.25, -0.2) is 12.8 Å². The number of quaternary nitrogens is 1. The van der Waals surface area contributed by atoms with E-state index in [1.54, 1.807) is 24.3 Å². The monoisotopic (exact) mass is 412 g/mol. The van der Waals surface area contributed by atoms with Gasteiger partial charge in [-0.3, -0.25) is 4.79 Å². The Bertz CT molecular complexity index is 931. The van der Waals surface area contributed by atoms with Crippen molar-refractivity contribution in [2.24, 2.45) is 0 Å². The predicted octanol–water partition coefficient (Wildman–Crippen LogP) is 1.01. The van der Waals surface area contributed by atoms with Crippen molar-refractivity contribution >= 4 is 33.2 Å². The van der Waals surface area contributed by atoms with Crippen molar-refractivity contribution < 1.29 is 22.5 Å². The highest BCUT2D eigenvalue weighted by Gasteiger charge is 2.32. The standard InChI is InChI=1S/C18H19ClFN3O3S/c19-16-6-1-2-7-17(16)27(25,26)23-10-8-22(9-11-23)13-18(24)21-15-5-3-4-14(20)12-15/h1-7,12H,8-11,13H2,(H,21,24)/p+1. The van der Waals surface area contributed by atoms with Crippen LogP contribution in [0.25, 0.3) is 0 Å². The summed E-state index contributed by atoms with van der Waals surface area (Å²) in [6.45, 7) is 1.79. The third-order valence-electron chi connectivity index (χ3n) is 4.40. The maximum atomic E-state index is 13.2. The lowest BCUT2D eigenvalue weighted by atomic mass is 10.3. The molecule has 0 unspecified atom stereocenters. The van der Waals surface area contributed by atoms with Crippen LogP contribution < -0.4 is 10.2 Å². The minimum atomic E-state index is -3.65. The number of halogens is 2. The summed E-state index contributed by atoms with van der Waals surface area (Å²) in [6, 6.07) is 12.1. The molecule has 2 aromatic rings. The van der Waals surface area contributed by atoms with Crippen LogP contribution in [0.2, 0.25) is 5.02 Å². The number of amides is 1. The second-order valence-electron chi connectivity index (χ2n) is 6.32. The molecule has 144 valence electrons. The molecule has 1 fully saturated rings. The van der Waals surface area contributed by atoms with E-state index in [1.165, 1.54) is 28.6 Å². The van der Waals surface area contributed by atoms with Gasteiger partial charge in [0, 0.05) is 5.69 Å². The van der Waals surface area contributed by atoms with Crippen LogP contribution in [0.4, 0.5) is 10.1 Å². The first-order valence-electron chi connectivity index (χ1n) is 8.50. The van der Waals surface area contributed by atoms with Gasteiger partial charge in [0.2, 0.25) is 10.0 Å². The summed E-state index contributed by atoms with van der Waals surface area (Å²) in [5, 5.41) is 2.85. The molecular formula is C18H20ClFN3O3S+. The highest BCUT2D eigenvalue weighted by atomic mass is 35.5. The molecular weight excluding hydrogens is 393 g/mol. The lowest BCUT2D eigenvalue weighted by molar-refractivity contribution is -0.895. The number of nitrogens with one attached hydrogen (secondary N) is 2. The molecule has 0 bridgehead atoms. The number of nitrogens with zero attached hydrogens (tertiary/aromatic N) is 1. The van der Waals surface area contributed by atoms with Gasteiger partial charge in [0.1, 0.15) is 10.7 Å². The van der Waals surface area contributed by atoms with Gasteiger partial charge in [0.05, 0.1) is 31.2 Å². The summed E-state index contributed by atoms with van der Waals surface area (Å²) >= 11 is 6.02. The Balaban J connectivity index is 1.56. The molecule has 0 aliphatic carbocycles. The van der Waals surface area contributed by atoms with Crippen LogP contribution in [-0.4, -0.2) is 51.4 Å². The van der Waals surface area contributed by atoms with Crippen LogP contribution in [0.5, 0.6) is 0 Å². The van der Waals surface area contributed by atoms with Crippen molar-refractivity contribution in [3.63, 3.8) is 0 Å². The third kappa shape index (κ3) is 4.84. The van der Waals surface area contributed by atoms with E-state index < -0.39 is 15.8 Å². The molecule has 9 heteroatoms. The van der Waals surface area contributed by atoms with Gasteiger partial charge in [-0.1, -0.05) is 29.8 Å². The van der Waals surface area contributed by atoms with E-state index in [2.05, 4.69) is 5.32 Å². The summed E-state index contributed by atoms with van der Waals surface area (Å²) in [6.07, 6.45) is 0. The molecule has 0 radical (unpaired) electrons. The molecule has 1 saturated heterocycles. The second kappa shape index (κ2) is 8.35. The van der Waals surface area contributed by atoms with E-state index in [9.17, 15) is 17.6 Å². The smallest absolute Gasteiger partial charge is 0.279 e. The Morgan fingerprint density at radius 1 is 1.15 bits per heavy atom. The highest BCUT2D eigenvalue weighted by molar-refractivity contribution is 7.89. The molecule has 2 aromatic carbocycles. The number of carbonyl (C=O) groups is 1. The van der Waals surface area contributed by atoms with Crippen molar-refractivity contribution in [1.29, 1.82) is 0 Å². The number of piperazine rings is 1. The minimum Gasteiger partial charge on any atom is -0.325 e. The number of benzene rings is 2. The van der Waals surface area contributed by atoms with Crippen LogP contribution in [-0.2, 0) is 14.8 Å². The van der Waals surface area contributed by atoms with E-state index in [-0.39, 0.29) is 22.4 Å². The number of rotatable bonds is 5. The van der Waals surface area contributed by atoms with Gasteiger partial charge >= 0.3 is 0 Å². The molecule has 6 nitrogen and oxygen atoms in total. The fourth-order valence-corrected chi connectivity index (χ4v) is 4.95. The Hall–Kier alpha value is -2.00. The number of hydrogen-bond donors (Lipinski definition) is 2. The molecule has 1 aliphatic rings. The van der Waals surface area contributed by atoms with Gasteiger partial charge in [-0.15, -0.1) is 0 Å². The van der Waals surface area contributed by atoms with Crippen molar-refractivity contribution in [2.75, 3.05) is 38.0 Å². The minimum absolute atomic E-state index is 0.0963. The third-order valence-corrected chi connectivity index (χ3v) is 6.80. The Morgan fingerprint density at radius 3 is 2.52 bits per heavy atom. The molecule has 1 amide bonds. The first kappa shape index (κ1) is 19.8.